The maximum absolute atomic E-state index is 10.4. The lowest BCUT2D eigenvalue weighted by molar-refractivity contribution is 0.463. The SMILES string of the molecule is CCCC[P+](CCCC)(CCCC)CCCC.CCCC[P+](CCCC)(CCCC)CCCC.Cc1ccc(S(=O)(=O)[O-])cc1.O=S(=O)([O-])PPPP. The molecule has 0 aliphatic carbocycles. The van der Waals surface area contributed by atoms with Crippen LogP contribution in [0.25, 0.3) is 0 Å². The Bertz CT molecular complexity index is 1040. The van der Waals surface area contributed by atoms with Gasteiger partial charge >= 0.3 is 0 Å². The summed E-state index contributed by atoms with van der Waals surface area (Å²) in [6.07, 6.45) is 35.9. The summed E-state index contributed by atoms with van der Waals surface area (Å²) >= 11 is 0. The van der Waals surface area contributed by atoms with Crippen molar-refractivity contribution in [3.05, 3.63) is 29.8 Å². The summed E-state index contributed by atoms with van der Waals surface area (Å²) in [6.45, 7) is 20.7. The zero-order valence-electron chi connectivity index (χ0n) is 35.5. The number of aryl methyl sites for hydroxylation is 1. The van der Waals surface area contributed by atoms with E-state index in [1.54, 1.807) is 61.4 Å². The van der Waals surface area contributed by atoms with Crippen molar-refractivity contribution in [2.75, 3.05) is 49.3 Å². The summed E-state index contributed by atoms with van der Waals surface area (Å²) in [5, 5.41) is 0. The third kappa shape index (κ3) is 36.4. The minimum absolute atomic E-state index is 0.178. The van der Waals surface area contributed by atoms with E-state index in [0.29, 0.717) is 7.96 Å². The molecule has 4 unspecified atom stereocenters. The van der Waals surface area contributed by atoms with Crippen molar-refractivity contribution in [2.24, 2.45) is 0 Å². The molecule has 0 saturated carbocycles. The Labute approximate surface area is 339 Å². The first-order valence-electron chi connectivity index (χ1n) is 20.7. The Morgan fingerprint density at radius 3 is 0.906 bits per heavy atom. The van der Waals surface area contributed by atoms with Gasteiger partial charge in [0.1, 0.15) is 19.9 Å². The third-order valence-corrected chi connectivity index (χ3v) is 33.5. The topological polar surface area (TPSA) is 114 Å². The fraction of sp³-hybridized carbons (Fsp3) is 0.846. The van der Waals surface area contributed by atoms with Crippen molar-refractivity contribution >= 4 is 66.7 Å². The second-order valence-electron chi connectivity index (χ2n) is 14.4. The number of rotatable bonds is 28. The van der Waals surface area contributed by atoms with E-state index in [0.717, 1.165) is 5.56 Å². The van der Waals surface area contributed by atoms with Crippen LogP contribution >= 0.6 is 46.8 Å². The highest BCUT2D eigenvalue weighted by atomic mass is 33.0. The van der Waals surface area contributed by atoms with Gasteiger partial charge in [-0.2, -0.15) is 0 Å². The fourth-order valence-corrected chi connectivity index (χ4v) is 29.3. The van der Waals surface area contributed by atoms with Gasteiger partial charge in [0.25, 0.3) is 0 Å². The average Bonchev–Trinajstić information content (AvgIpc) is 3.13. The van der Waals surface area contributed by atoms with E-state index in [-0.39, 0.29) is 12.9 Å². The Morgan fingerprint density at radius 2 is 0.755 bits per heavy atom. The van der Waals surface area contributed by atoms with Gasteiger partial charge in [0.05, 0.1) is 54.2 Å². The Balaban J connectivity index is -0.000000653. The van der Waals surface area contributed by atoms with E-state index in [1.807, 2.05) is 6.92 Å². The lowest BCUT2D eigenvalue weighted by Crippen LogP contribution is -2.12. The molecule has 0 heterocycles. The molecule has 0 N–H and O–H groups in total. The maximum Gasteiger partial charge on any atom is 0.124 e. The highest BCUT2D eigenvalue weighted by Gasteiger charge is 2.35. The van der Waals surface area contributed by atoms with Crippen LogP contribution < -0.4 is 0 Å². The Morgan fingerprint density at radius 1 is 0.509 bits per heavy atom. The van der Waals surface area contributed by atoms with Crippen LogP contribution in [-0.2, 0) is 19.9 Å². The van der Waals surface area contributed by atoms with Crippen molar-refractivity contribution in [1.82, 2.24) is 0 Å². The van der Waals surface area contributed by atoms with E-state index < -0.39 is 41.9 Å². The van der Waals surface area contributed by atoms with Gasteiger partial charge in [-0.3, -0.25) is 0 Å². The Hall–Kier alpha value is 1.62. The van der Waals surface area contributed by atoms with Gasteiger partial charge in [-0.25, -0.2) is 16.8 Å². The first-order chi connectivity index (χ1) is 25.0. The highest BCUT2D eigenvalue weighted by Crippen LogP contribution is 2.62. The first-order valence-corrected chi connectivity index (χ1v) is 36.1. The zero-order valence-corrected chi connectivity index (χ0v) is 43.1. The normalized spacial score (nSPS) is 12.5. The molecule has 4 atom stereocenters. The molecule has 0 bridgehead atoms. The smallest absolute Gasteiger partial charge is 0.124 e. The third-order valence-electron chi connectivity index (χ3n) is 9.45. The van der Waals surface area contributed by atoms with Crippen LogP contribution in [-0.4, -0.2) is 75.2 Å². The largest absolute Gasteiger partial charge is 0.745 e. The van der Waals surface area contributed by atoms with Gasteiger partial charge < -0.3 is 9.11 Å². The second-order valence-corrected chi connectivity index (χ2v) is 36.8. The molecule has 318 valence electrons. The molecule has 0 spiro atoms. The molecule has 53 heavy (non-hydrogen) atoms. The summed E-state index contributed by atoms with van der Waals surface area (Å²) in [5.74, 6) is 0. The van der Waals surface area contributed by atoms with E-state index in [9.17, 15) is 25.9 Å². The van der Waals surface area contributed by atoms with Crippen molar-refractivity contribution < 1.29 is 25.9 Å². The molecular formula is C39H84O6P6S2. The summed E-state index contributed by atoms with van der Waals surface area (Å²) in [6, 6.07) is 5.78. The lowest BCUT2D eigenvalue weighted by Gasteiger charge is -2.28. The summed E-state index contributed by atoms with van der Waals surface area (Å²) in [5.41, 5.74) is 0.928. The number of hydrogen-bond donors (Lipinski definition) is 0. The molecule has 0 amide bonds. The first kappa shape index (κ1) is 58.9. The van der Waals surface area contributed by atoms with E-state index in [4.69, 9.17) is 0 Å². The standard InChI is InChI=1S/2C16H36P.C7H8O3S.H6O3P4S/c2*1-5-9-13-17(14-10-6-2,15-11-7-3)16-12-8-4;1-6-2-4-7(5-3-6)11(8,9)10;1-8(2,3)7-6-5-4/h2*5-16H2,1-4H3;2-5H,1H3,(H,8,9,10);5-7H,4H2,(H,1,2,3)/q2*+1;;/p-2. The van der Waals surface area contributed by atoms with Crippen molar-refractivity contribution in [2.45, 2.75) is 170 Å². The second kappa shape index (κ2) is 37.9. The van der Waals surface area contributed by atoms with E-state index in [2.05, 4.69) is 64.3 Å². The molecule has 0 aromatic heterocycles. The van der Waals surface area contributed by atoms with Gasteiger partial charge in [-0.15, -0.1) is 8.93 Å². The van der Waals surface area contributed by atoms with Gasteiger partial charge in [0, 0.05) is 22.0 Å². The predicted molar refractivity (Wildman–Crippen MR) is 256 cm³/mol. The van der Waals surface area contributed by atoms with Gasteiger partial charge in [0.15, 0.2) is 0 Å². The highest BCUT2D eigenvalue weighted by molar-refractivity contribution is 8.75. The van der Waals surface area contributed by atoms with Crippen LogP contribution in [0.15, 0.2) is 29.2 Å². The van der Waals surface area contributed by atoms with Gasteiger partial charge in [-0.1, -0.05) is 140 Å². The summed E-state index contributed by atoms with van der Waals surface area (Å²) < 4.78 is 60.7. The molecule has 0 aliphatic heterocycles. The average molecular weight is 899 g/mol. The van der Waals surface area contributed by atoms with Crippen LogP contribution in [0.3, 0.4) is 0 Å². The zero-order chi connectivity index (χ0) is 41.1. The number of hydrogen-bond acceptors (Lipinski definition) is 6. The van der Waals surface area contributed by atoms with Crippen molar-refractivity contribution in [3.8, 4) is 0 Å². The van der Waals surface area contributed by atoms with Crippen LogP contribution in [0.1, 0.15) is 164 Å². The lowest BCUT2D eigenvalue weighted by atomic mass is 10.2. The van der Waals surface area contributed by atoms with Gasteiger partial charge in [-0.05, 0) is 70.4 Å². The van der Waals surface area contributed by atoms with Crippen LogP contribution in [0.4, 0.5) is 0 Å². The molecule has 1 aromatic rings. The fourth-order valence-electron chi connectivity index (χ4n) is 6.09. The van der Waals surface area contributed by atoms with Crippen LogP contribution in [0, 0.1) is 6.92 Å². The minimum Gasteiger partial charge on any atom is -0.745 e. The molecule has 14 heteroatoms. The predicted octanol–water partition coefficient (Wildman–Crippen LogP) is 14.4. The monoisotopic (exact) mass is 898 g/mol. The Kier molecular flexibility index (Phi) is 42.1. The van der Waals surface area contributed by atoms with E-state index in [1.165, 1.54) is 115 Å². The molecule has 0 saturated heterocycles. The number of benzene rings is 1. The molecule has 0 aliphatic rings. The molecule has 0 radical (unpaired) electrons. The minimum atomic E-state index is -4.27. The maximum atomic E-state index is 10.4. The quantitative estimate of drug-likeness (QED) is 0.0611. The molecule has 1 aromatic carbocycles. The molecule has 0 fully saturated rings. The van der Waals surface area contributed by atoms with Crippen molar-refractivity contribution in [1.29, 1.82) is 0 Å². The van der Waals surface area contributed by atoms with Gasteiger partial charge in [0.2, 0.25) is 0 Å². The van der Waals surface area contributed by atoms with Crippen molar-refractivity contribution in [3.63, 3.8) is 0 Å². The van der Waals surface area contributed by atoms with E-state index >= 15 is 0 Å². The van der Waals surface area contributed by atoms with Crippen LogP contribution in [0.5, 0.6) is 0 Å². The van der Waals surface area contributed by atoms with Crippen LogP contribution in [0.2, 0.25) is 0 Å². The summed E-state index contributed by atoms with van der Waals surface area (Å²) in [7, 11) is -6.52. The molecule has 1 rings (SSSR count). The molecule has 6 nitrogen and oxygen atoms in total. The number of unbranched alkanes of at least 4 members (excludes halogenated alkanes) is 8. The summed E-state index contributed by atoms with van der Waals surface area (Å²) in [4.78, 5) is -0.178. The molecular weight excluding hydrogens is 814 g/mol.